The molecule has 0 saturated carbocycles. The van der Waals surface area contributed by atoms with Gasteiger partial charge in [-0.25, -0.2) is 0 Å². The van der Waals surface area contributed by atoms with Crippen molar-refractivity contribution in [1.29, 1.82) is 0 Å². The number of nitrogens with zero attached hydrogens (tertiary/aromatic N) is 1. The molecule has 2 aliphatic heterocycles. The Morgan fingerprint density at radius 1 is 1.28 bits per heavy atom. The lowest BCUT2D eigenvalue weighted by atomic mass is 9.72. The second-order valence-corrected chi connectivity index (χ2v) is 11.1. The second-order valence-electron chi connectivity index (χ2n) is 10.7. The smallest absolute Gasteiger partial charge is 0.223 e. The molecule has 200 valence electrons. The first-order valence-corrected chi connectivity index (χ1v) is 13.0. The minimum atomic E-state index is -1.25. The molecule has 3 N–H and O–H groups in total. The molecular weight excluding hydrogens is 484 g/mol. The maximum absolute atomic E-state index is 13.4. The van der Waals surface area contributed by atoms with Crippen LogP contribution in [0.3, 0.4) is 0 Å². The molecule has 7 atom stereocenters. The lowest BCUT2D eigenvalue weighted by Crippen LogP contribution is -2.49. The van der Waals surface area contributed by atoms with Gasteiger partial charge in [0, 0.05) is 36.6 Å². The van der Waals surface area contributed by atoms with Crippen LogP contribution in [-0.4, -0.2) is 69.6 Å². The van der Waals surface area contributed by atoms with Crippen LogP contribution in [0.4, 0.5) is 0 Å². The summed E-state index contributed by atoms with van der Waals surface area (Å²) in [5, 5.41) is 25.1. The van der Waals surface area contributed by atoms with Gasteiger partial charge in [0.05, 0.1) is 53.6 Å². The lowest BCUT2D eigenvalue weighted by Gasteiger charge is -2.35. The van der Waals surface area contributed by atoms with Gasteiger partial charge < -0.3 is 25.0 Å². The molecule has 1 aromatic rings. The first-order chi connectivity index (χ1) is 16.9. The maximum atomic E-state index is 13.4. The fourth-order valence-electron chi connectivity index (χ4n) is 4.75. The van der Waals surface area contributed by atoms with E-state index in [4.69, 9.17) is 21.1 Å². The number of hydrogen-bond acceptors (Lipinski definition) is 7. The number of rotatable bonds is 3. The molecule has 0 spiro atoms. The highest BCUT2D eigenvalue weighted by molar-refractivity contribution is 6.32. The number of carbonyl (C=O) groups excluding carboxylic acids is 2. The minimum absolute atomic E-state index is 0.156. The van der Waals surface area contributed by atoms with Crippen molar-refractivity contribution < 1.29 is 29.3 Å². The van der Waals surface area contributed by atoms with Gasteiger partial charge in [-0.2, -0.15) is 0 Å². The van der Waals surface area contributed by atoms with Crippen LogP contribution in [0.25, 0.3) is 6.08 Å². The van der Waals surface area contributed by atoms with E-state index in [1.807, 2.05) is 26.0 Å². The van der Waals surface area contributed by atoms with Gasteiger partial charge in [-0.1, -0.05) is 38.4 Å². The van der Waals surface area contributed by atoms with E-state index in [1.54, 1.807) is 39.1 Å². The van der Waals surface area contributed by atoms with Crippen LogP contribution in [0.5, 0.6) is 0 Å². The molecule has 0 bridgehead atoms. The van der Waals surface area contributed by atoms with E-state index < -0.39 is 47.2 Å². The number of amides is 1. The number of ether oxygens (including phenoxy) is 2. The number of aliphatic hydroxyl groups excluding tert-OH is 2. The summed E-state index contributed by atoms with van der Waals surface area (Å²) in [7, 11) is 0. The predicted molar refractivity (Wildman–Crippen MR) is 137 cm³/mol. The monoisotopic (exact) mass is 522 g/mol. The van der Waals surface area contributed by atoms with E-state index in [-0.39, 0.29) is 18.3 Å². The molecule has 0 aliphatic carbocycles. The van der Waals surface area contributed by atoms with Crippen LogP contribution in [-0.2, 0) is 19.1 Å². The van der Waals surface area contributed by atoms with E-state index in [0.717, 1.165) is 0 Å². The normalized spacial score (nSPS) is 36.6. The molecule has 9 heteroatoms. The molecule has 36 heavy (non-hydrogen) atoms. The number of carbonyl (C=O) groups is 2. The molecule has 8 nitrogen and oxygen atoms in total. The summed E-state index contributed by atoms with van der Waals surface area (Å²) < 4.78 is 11.9. The largest absolute Gasteiger partial charge is 0.392 e. The summed E-state index contributed by atoms with van der Waals surface area (Å²) in [4.78, 5) is 30.7. The zero-order valence-corrected chi connectivity index (χ0v) is 22.5. The summed E-state index contributed by atoms with van der Waals surface area (Å²) in [5.41, 5.74) is -1.05. The fraction of sp³-hybridized carbons (Fsp3) is 0.667. The van der Waals surface area contributed by atoms with Gasteiger partial charge in [0.25, 0.3) is 0 Å². The molecule has 3 rings (SSSR count). The van der Waals surface area contributed by atoms with E-state index in [0.29, 0.717) is 36.6 Å². The van der Waals surface area contributed by atoms with Gasteiger partial charge in [0.1, 0.15) is 5.78 Å². The van der Waals surface area contributed by atoms with Crippen LogP contribution in [0.2, 0.25) is 0 Å². The van der Waals surface area contributed by atoms with Crippen molar-refractivity contribution in [2.75, 3.05) is 6.61 Å². The summed E-state index contributed by atoms with van der Waals surface area (Å²) in [6, 6.07) is 4.90. The molecule has 0 radical (unpaired) electrons. The predicted octanol–water partition coefficient (Wildman–Crippen LogP) is 3.24. The second kappa shape index (κ2) is 11.7. The molecule has 1 aromatic heterocycles. The van der Waals surface area contributed by atoms with E-state index in [1.165, 1.54) is 0 Å². The first-order valence-electron chi connectivity index (χ1n) is 12.7. The van der Waals surface area contributed by atoms with Crippen LogP contribution >= 0.6 is 11.6 Å². The van der Waals surface area contributed by atoms with Crippen LogP contribution < -0.4 is 5.32 Å². The van der Waals surface area contributed by atoms with Crippen molar-refractivity contribution in [2.24, 2.45) is 11.3 Å². The highest BCUT2D eigenvalue weighted by Gasteiger charge is 2.53. The molecular formula is C27H39ClN2O6. The average Bonchev–Trinajstić information content (AvgIpc) is 3.47. The van der Waals surface area contributed by atoms with Crippen LogP contribution in [0, 0.1) is 11.3 Å². The van der Waals surface area contributed by atoms with Gasteiger partial charge in [0.15, 0.2) is 0 Å². The summed E-state index contributed by atoms with van der Waals surface area (Å²) in [6.45, 7) is 9.09. The highest BCUT2D eigenvalue weighted by atomic mass is 35.5. The number of pyridine rings is 1. The fourth-order valence-corrected chi connectivity index (χ4v) is 5.00. The topological polar surface area (TPSA) is 121 Å². The number of hydrogen-bond donors (Lipinski definition) is 3. The zero-order chi connectivity index (χ0) is 26.7. The Morgan fingerprint density at radius 3 is 2.64 bits per heavy atom. The Bertz CT molecular complexity index is 955. The third-order valence-corrected chi connectivity index (χ3v) is 8.00. The van der Waals surface area contributed by atoms with Crippen molar-refractivity contribution in [1.82, 2.24) is 10.3 Å². The van der Waals surface area contributed by atoms with Gasteiger partial charge in [0.2, 0.25) is 5.91 Å². The third kappa shape index (κ3) is 6.72. The van der Waals surface area contributed by atoms with Crippen molar-refractivity contribution in [3.63, 3.8) is 0 Å². The summed E-state index contributed by atoms with van der Waals surface area (Å²) in [6.07, 6.45) is 1.46. The van der Waals surface area contributed by atoms with Gasteiger partial charge >= 0.3 is 0 Å². The van der Waals surface area contributed by atoms with Crippen molar-refractivity contribution in [3.8, 4) is 0 Å². The standard InChI is InChI=1S/C27H39ClN2O6/c1-6-18-24(33)16(2)35-12-10-27(5)22(36-27)14-20(19(28)13-17-9-7-8-11-29-17)30-23(32)15-21(31)26(3,4)25(18)34/h7-9,11,13,16,18,20-22,24,31,33H,6,10,12,14-15H2,1-5H3,(H,30,32)/t16-,18-,20+,21+,22+,24-,27-/m1/s1. The maximum Gasteiger partial charge on any atom is 0.223 e. The van der Waals surface area contributed by atoms with Crippen molar-refractivity contribution in [2.45, 2.75) is 96.4 Å². The van der Waals surface area contributed by atoms with Gasteiger partial charge in [-0.3, -0.25) is 14.6 Å². The molecule has 2 aliphatic rings. The number of epoxide rings is 1. The molecule has 3 heterocycles. The Balaban J connectivity index is 1.87. The molecule has 1 amide bonds. The molecule has 0 aromatic carbocycles. The number of halogens is 1. The molecule has 2 fully saturated rings. The van der Waals surface area contributed by atoms with E-state index >= 15 is 0 Å². The van der Waals surface area contributed by atoms with Crippen molar-refractivity contribution in [3.05, 3.63) is 35.1 Å². The van der Waals surface area contributed by atoms with E-state index in [2.05, 4.69) is 10.3 Å². The summed E-state index contributed by atoms with van der Waals surface area (Å²) in [5.74, 6) is -1.46. The van der Waals surface area contributed by atoms with Crippen molar-refractivity contribution >= 4 is 29.4 Å². The number of aliphatic hydroxyl groups is 2. The van der Waals surface area contributed by atoms with Crippen LogP contribution in [0.1, 0.15) is 66.0 Å². The number of ketones is 1. The van der Waals surface area contributed by atoms with E-state index in [9.17, 15) is 19.8 Å². The number of fused-ring (bicyclic) bond motifs is 1. The van der Waals surface area contributed by atoms with Gasteiger partial charge in [-0.15, -0.1) is 0 Å². The Morgan fingerprint density at radius 2 is 2.00 bits per heavy atom. The minimum Gasteiger partial charge on any atom is -0.392 e. The summed E-state index contributed by atoms with van der Waals surface area (Å²) >= 11 is 6.66. The lowest BCUT2D eigenvalue weighted by molar-refractivity contribution is -0.147. The average molecular weight is 523 g/mol. The Hall–Kier alpha value is -1.84. The van der Waals surface area contributed by atoms with Gasteiger partial charge in [-0.05, 0) is 38.5 Å². The number of Topliss-reactive ketones (excluding diaryl/α,β-unsaturated/α-hetero) is 1. The zero-order valence-electron chi connectivity index (χ0n) is 21.7. The first kappa shape index (κ1) is 28.7. The third-order valence-electron chi connectivity index (χ3n) is 7.62. The quantitative estimate of drug-likeness (QED) is 0.521. The van der Waals surface area contributed by atoms with Crippen LogP contribution in [0.15, 0.2) is 29.4 Å². The SMILES string of the molecule is CC[C@H]1C(=O)C(C)(C)[C@@H](O)CC(=O)N[C@H](C(Cl)=Cc2ccccn2)C[C@@H]2O[C@]2(C)CCO[C@H](C)[C@H]1O. The Kier molecular flexibility index (Phi) is 9.33. The Labute approximate surface area is 218 Å². The molecule has 2 saturated heterocycles. The molecule has 0 unspecified atom stereocenters. The highest BCUT2D eigenvalue weighted by Crippen LogP contribution is 2.43. The number of nitrogens with one attached hydrogen (secondary N) is 1. The number of aromatic nitrogens is 1.